The summed E-state index contributed by atoms with van der Waals surface area (Å²) in [6.45, 7) is 5.95. The van der Waals surface area contributed by atoms with E-state index in [1.165, 1.54) is 0 Å². The van der Waals surface area contributed by atoms with Gasteiger partial charge in [-0.25, -0.2) is 0 Å². The van der Waals surface area contributed by atoms with Crippen LogP contribution in [0.1, 0.15) is 19.9 Å². The second-order valence-corrected chi connectivity index (χ2v) is 3.96. The molecule has 17 heavy (non-hydrogen) atoms. The molecule has 1 aromatic heterocycles. The first kappa shape index (κ1) is 11.7. The molecule has 0 aliphatic heterocycles. The first-order valence-corrected chi connectivity index (χ1v) is 5.87. The summed E-state index contributed by atoms with van der Waals surface area (Å²) >= 11 is 0. The number of benzene rings is 1. The predicted molar refractivity (Wildman–Crippen MR) is 66.5 cm³/mol. The quantitative estimate of drug-likeness (QED) is 0.847. The molecule has 0 amide bonds. The third-order valence-corrected chi connectivity index (χ3v) is 2.54. The Hall–Kier alpha value is -1.75. The summed E-state index contributed by atoms with van der Waals surface area (Å²) in [6, 6.07) is 10.1. The Kier molecular flexibility index (Phi) is 3.82. The standard InChI is InChI=1S/C12H17N5/c1-3-13-9-10(2)17-15-12(14-16-17)11-7-5-4-6-8-11/h4-8,10,13H,3,9H2,1-2H3. The van der Waals surface area contributed by atoms with E-state index in [0.29, 0.717) is 5.82 Å². The molecule has 1 aromatic carbocycles. The van der Waals surface area contributed by atoms with Gasteiger partial charge < -0.3 is 5.32 Å². The molecule has 90 valence electrons. The number of nitrogens with one attached hydrogen (secondary N) is 1. The topological polar surface area (TPSA) is 55.6 Å². The zero-order valence-electron chi connectivity index (χ0n) is 10.2. The molecule has 1 N–H and O–H groups in total. The van der Waals surface area contributed by atoms with Crippen molar-refractivity contribution >= 4 is 0 Å². The van der Waals surface area contributed by atoms with Gasteiger partial charge in [-0.15, -0.1) is 10.2 Å². The van der Waals surface area contributed by atoms with E-state index in [1.54, 1.807) is 4.80 Å². The predicted octanol–water partition coefficient (Wildman–Crippen LogP) is 1.51. The van der Waals surface area contributed by atoms with Crippen LogP contribution in [0.25, 0.3) is 11.4 Å². The number of tetrazole rings is 1. The molecule has 0 aliphatic carbocycles. The van der Waals surface area contributed by atoms with E-state index in [4.69, 9.17) is 0 Å². The largest absolute Gasteiger partial charge is 0.315 e. The zero-order valence-corrected chi connectivity index (χ0v) is 10.2. The lowest BCUT2D eigenvalue weighted by Gasteiger charge is -2.09. The van der Waals surface area contributed by atoms with Crippen molar-refractivity contribution in [3.05, 3.63) is 30.3 Å². The fourth-order valence-electron chi connectivity index (χ4n) is 1.55. The molecule has 0 bridgehead atoms. The Morgan fingerprint density at radius 1 is 1.29 bits per heavy atom. The minimum atomic E-state index is 0.208. The van der Waals surface area contributed by atoms with Crippen LogP contribution in [0, 0.1) is 0 Å². The van der Waals surface area contributed by atoms with Crippen LogP contribution in [0.5, 0.6) is 0 Å². The Morgan fingerprint density at radius 3 is 2.76 bits per heavy atom. The van der Waals surface area contributed by atoms with Gasteiger partial charge in [0, 0.05) is 12.1 Å². The van der Waals surface area contributed by atoms with Gasteiger partial charge in [0.2, 0.25) is 5.82 Å². The second kappa shape index (κ2) is 5.54. The zero-order chi connectivity index (χ0) is 12.1. The normalized spacial score (nSPS) is 12.6. The van der Waals surface area contributed by atoms with Crippen LogP contribution >= 0.6 is 0 Å². The molecule has 1 heterocycles. The number of aromatic nitrogens is 4. The molecule has 0 fully saturated rings. The Bertz CT molecular complexity index is 451. The molecule has 0 saturated carbocycles. The lowest BCUT2D eigenvalue weighted by atomic mass is 10.2. The average Bonchev–Trinajstić information content (AvgIpc) is 2.86. The fraction of sp³-hybridized carbons (Fsp3) is 0.417. The molecule has 0 aliphatic rings. The molecular formula is C12H17N5. The summed E-state index contributed by atoms with van der Waals surface area (Å²) in [5.41, 5.74) is 0.995. The Morgan fingerprint density at radius 2 is 2.06 bits per heavy atom. The molecule has 2 aromatic rings. The maximum Gasteiger partial charge on any atom is 0.204 e. The van der Waals surface area contributed by atoms with Crippen molar-refractivity contribution in [2.45, 2.75) is 19.9 Å². The monoisotopic (exact) mass is 231 g/mol. The third-order valence-electron chi connectivity index (χ3n) is 2.54. The molecule has 1 atom stereocenters. The van der Waals surface area contributed by atoms with Crippen molar-refractivity contribution < 1.29 is 0 Å². The van der Waals surface area contributed by atoms with Crippen molar-refractivity contribution in [2.75, 3.05) is 13.1 Å². The van der Waals surface area contributed by atoms with E-state index in [-0.39, 0.29) is 6.04 Å². The van der Waals surface area contributed by atoms with E-state index in [1.807, 2.05) is 30.3 Å². The summed E-state index contributed by atoms with van der Waals surface area (Å²) in [7, 11) is 0. The van der Waals surface area contributed by atoms with Gasteiger partial charge >= 0.3 is 0 Å². The van der Waals surface area contributed by atoms with E-state index in [9.17, 15) is 0 Å². The molecule has 0 saturated heterocycles. The minimum Gasteiger partial charge on any atom is -0.315 e. The molecule has 0 spiro atoms. The lowest BCUT2D eigenvalue weighted by molar-refractivity contribution is 0.405. The average molecular weight is 231 g/mol. The lowest BCUT2D eigenvalue weighted by Crippen LogP contribution is -2.24. The van der Waals surface area contributed by atoms with Gasteiger partial charge in [0.15, 0.2) is 0 Å². The van der Waals surface area contributed by atoms with Gasteiger partial charge in [0.25, 0.3) is 0 Å². The fourth-order valence-corrected chi connectivity index (χ4v) is 1.55. The van der Waals surface area contributed by atoms with Gasteiger partial charge in [-0.1, -0.05) is 37.3 Å². The van der Waals surface area contributed by atoms with Crippen LogP contribution in [0.3, 0.4) is 0 Å². The summed E-state index contributed by atoms with van der Waals surface area (Å²) in [6.07, 6.45) is 0. The van der Waals surface area contributed by atoms with E-state index in [0.717, 1.165) is 18.7 Å². The molecule has 1 unspecified atom stereocenters. The van der Waals surface area contributed by atoms with Gasteiger partial charge in [-0.3, -0.25) is 0 Å². The van der Waals surface area contributed by atoms with Crippen LogP contribution < -0.4 is 5.32 Å². The SMILES string of the molecule is CCNCC(C)n1nnc(-c2ccccc2)n1. The van der Waals surface area contributed by atoms with Gasteiger partial charge in [0.1, 0.15) is 0 Å². The van der Waals surface area contributed by atoms with E-state index >= 15 is 0 Å². The van der Waals surface area contributed by atoms with E-state index < -0.39 is 0 Å². The van der Waals surface area contributed by atoms with Crippen LogP contribution in [0.2, 0.25) is 0 Å². The van der Waals surface area contributed by atoms with Crippen LogP contribution in [0.15, 0.2) is 30.3 Å². The summed E-state index contributed by atoms with van der Waals surface area (Å²) in [5, 5.41) is 15.8. The highest BCUT2D eigenvalue weighted by Gasteiger charge is 2.10. The highest BCUT2D eigenvalue weighted by atomic mass is 15.6. The maximum atomic E-state index is 4.39. The van der Waals surface area contributed by atoms with Crippen LogP contribution in [-0.4, -0.2) is 33.3 Å². The molecule has 5 heteroatoms. The Balaban J connectivity index is 2.11. The van der Waals surface area contributed by atoms with Crippen molar-refractivity contribution in [2.24, 2.45) is 0 Å². The first-order chi connectivity index (χ1) is 8.31. The molecule has 5 nitrogen and oxygen atoms in total. The minimum absolute atomic E-state index is 0.208. The highest BCUT2D eigenvalue weighted by molar-refractivity contribution is 5.52. The first-order valence-electron chi connectivity index (χ1n) is 5.87. The molecule has 2 rings (SSSR count). The molecule has 0 radical (unpaired) electrons. The van der Waals surface area contributed by atoms with Crippen LogP contribution in [0.4, 0.5) is 0 Å². The number of nitrogens with zero attached hydrogens (tertiary/aromatic N) is 4. The number of hydrogen-bond donors (Lipinski definition) is 1. The van der Waals surface area contributed by atoms with Crippen molar-refractivity contribution in [3.63, 3.8) is 0 Å². The second-order valence-electron chi connectivity index (χ2n) is 3.96. The smallest absolute Gasteiger partial charge is 0.204 e. The van der Waals surface area contributed by atoms with Crippen LogP contribution in [-0.2, 0) is 0 Å². The molecular weight excluding hydrogens is 214 g/mol. The van der Waals surface area contributed by atoms with Gasteiger partial charge in [-0.05, 0) is 18.7 Å². The van der Waals surface area contributed by atoms with Crippen molar-refractivity contribution in [1.29, 1.82) is 0 Å². The Labute approximate surface area is 101 Å². The van der Waals surface area contributed by atoms with E-state index in [2.05, 4.69) is 34.6 Å². The number of rotatable bonds is 5. The van der Waals surface area contributed by atoms with Crippen molar-refractivity contribution in [3.8, 4) is 11.4 Å². The number of hydrogen-bond acceptors (Lipinski definition) is 4. The van der Waals surface area contributed by atoms with Gasteiger partial charge in [0.05, 0.1) is 6.04 Å². The summed E-state index contributed by atoms with van der Waals surface area (Å²) in [4.78, 5) is 1.66. The van der Waals surface area contributed by atoms with Gasteiger partial charge in [-0.2, -0.15) is 4.80 Å². The number of likely N-dealkylation sites (N-methyl/N-ethyl adjacent to an activating group) is 1. The third kappa shape index (κ3) is 2.88. The summed E-state index contributed by atoms with van der Waals surface area (Å²) in [5.74, 6) is 0.675. The summed E-state index contributed by atoms with van der Waals surface area (Å²) < 4.78 is 0. The maximum absolute atomic E-state index is 4.39. The van der Waals surface area contributed by atoms with Crippen molar-refractivity contribution in [1.82, 2.24) is 25.5 Å². The highest BCUT2D eigenvalue weighted by Crippen LogP contribution is 2.13.